The van der Waals surface area contributed by atoms with Crippen molar-refractivity contribution in [2.24, 2.45) is 17.6 Å². The molecule has 1 aliphatic heterocycles. The molecular weight excluding hydrogens is 262 g/mol. The molecule has 0 aromatic carbocycles. The van der Waals surface area contributed by atoms with Gasteiger partial charge in [-0.05, 0) is 56.8 Å². The summed E-state index contributed by atoms with van der Waals surface area (Å²) in [4.78, 5) is 14.8. The summed E-state index contributed by atoms with van der Waals surface area (Å²) >= 11 is 0. The van der Waals surface area contributed by atoms with E-state index in [9.17, 15) is 4.79 Å². The van der Waals surface area contributed by atoms with Gasteiger partial charge in [0, 0.05) is 25.2 Å². The van der Waals surface area contributed by atoms with Crippen molar-refractivity contribution in [3.05, 3.63) is 0 Å². The Morgan fingerprint density at radius 2 is 1.86 bits per heavy atom. The molecule has 1 heterocycles. The van der Waals surface area contributed by atoms with Crippen LogP contribution in [0.3, 0.4) is 0 Å². The van der Waals surface area contributed by atoms with Crippen molar-refractivity contribution in [3.63, 3.8) is 0 Å². The summed E-state index contributed by atoms with van der Waals surface area (Å²) < 4.78 is 0. The number of nitrogens with one attached hydrogen (secondary N) is 1. The third kappa shape index (κ3) is 3.42. The number of carbonyl (C=O) groups is 1. The zero-order chi connectivity index (χ0) is 15.0. The lowest BCUT2D eigenvalue weighted by Crippen LogP contribution is -2.62. The minimum Gasteiger partial charge on any atom is -0.368 e. The van der Waals surface area contributed by atoms with Crippen molar-refractivity contribution >= 4 is 5.91 Å². The number of primary amides is 1. The number of nitrogens with two attached hydrogens (primary N) is 1. The van der Waals surface area contributed by atoms with Crippen LogP contribution < -0.4 is 11.1 Å². The molecule has 1 saturated heterocycles. The maximum atomic E-state index is 12.1. The Labute approximate surface area is 128 Å². The van der Waals surface area contributed by atoms with Gasteiger partial charge in [0.15, 0.2) is 0 Å². The summed E-state index contributed by atoms with van der Waals surface area (Å²) in [6, 6.07) is 1.07. The van der Waals surface area contributed by atoms with Gasteiger partial charge in [-0.1, -0.05) is 13.8 Å². The molecule has 4 unspecified atom stereocenters. The van der Waals surface area contributed by atoms with E-state index in [-0.39, 0.29) is 5.91 Å². The highest BCUT2D eigenvalue weighted by Crippen LogP contribution is 2.36. The molecule has 21 heavy (non-hydrogen) atoms. The maximum Gasteiger partial charge on any atom is 0.237 e. The van der Waals surface area contributed by atoms with Gasteiger partial charge in [0.1, 0.15) is 0 Å². The molecule has 0 aromatic rings. The molecule has 0 bridgehead atoms. The van der Waals surface area contributed by atoms with Crippen molar-refractivity contribution in [1.82, 2.24) is 10.2 Å². The molecule has 1 amide bonds. The van der Waals surface area contributed by atoms with Crippen LogP contribution in [0.2, 0.25) is 0 Å². The normalized spacial score (nSPS) is 41.9. The zero-order valence-corrected chi connectivity index (χ0v) is 13.6. The van der Waals surface area contributed by atoms with Crippen molar-refractivity contribution in [2.75, 3.05) is 13.1 Å². The van der Waals surface area contributed by atoms with Crippen molar-refractivity contribution in [3.8, 4) is 0 Å². The van der Waals surface area contributed by atoms with Crippen molar-refractivity contribution in [2.45, 2.75) is 76.4 Å². The van der Waals surface area contributed by atoms with Crippen LogP contribution in [0.4, 0.5) is 0 Å². The minimum atomic E-state index is -0.437. The van der Waals surface area contributed by atoms with Crippen LogP contribution >= 0.6 is 0 Å². The topological polar surface area (TPSA) is 58.4 Å². The number of carbonyl (C=O) groups excluding carboxylic acids is 1. The van der Waals surface area contributed by atoms with Gasteiger partial charge in [-0.3, -0.25) is 9.69 Å². The van der Waals surface area contributed by atoms with Gasteiger partial charge in [-0.25, -0.2) is 0 Å². The monoisotopic (exact) mass is 293 g/mol. The number of piperidine rings is 1. The van der Waals surface area contributed by atoms with Crippen LogP contribution in [-0.4, -0.2) is 41.5 Å². The first kappa shape index (κ1) is 15.3. The molecule has 2 saturated carbocycles. The minimum absolute atomic E-state index is 0.128. The number of hydrogen-bond acceptors (Lipinski definition) is 3. The number of hydrogen-bond donors (Lipinski definition) is 2. The summed E-state index contributed by atoms with van der Waals surface area (Å²) in [7, 11) is 0. The van der Waals surface area contributed by atoms with Crippen LogP contribution in [0.25, 0.3) is 0 Å². The lowest BCUT2D eigenvalue weighted by molar-refractivity contribution is -0.127. The number of nitrogens with zero attached hydrogens (tertiary/aromatic N) is 1. The molecule has 4 nitrogen and oxygen atoms in total. The first-order chi connectivity index (χ1) is 9.98. The van der Waals surface area contributed by atoms with Crippen molar-refractivity contribution in [1.29, 1.82) is 0 Å². The number of likely N-dealkylation sites (tertiary alicyclic amines) is 1. The van der Waals surface area contributed by atoms with Gasteiger partial charge in [0.25, 0.3) is 0 Å². The molecule has 3 N–H and O–H groups in total. The van der Waals surface area contributed by atoms with Gasteiger partial charge < -0.3 is 11.1 Å². The Morgan fingerprint density at radius 3 is 2.43 bits per heavy atom. The van der Waals surface area contributed by atoms with Crippen LogP contribution in [0.5, 0.6) is 0 Å². The molecule has 120 valence electrons. The lowest BCUT2D eigenvalue weighted by Gasteiger charge is -2.47. The van der Waals surface area contributed by atoms with E-state index in [1.54, 1.807) is 0 Å². The Bertz CT molecular complexity index is 385. The molecule has 0 spiro atoms. The third-order valence-electron chi connectivity index (χ3n) is 5.67. The number of rotatable bonds is 4. The SMILES string of the molecule is CC1CC(C)CN(C2CCCC(NC3CC3)(C(N)=O)C2)C1. The van der Waals surface area contributed by atoms with Gasteiger partial charge in [-0.15, -0.1) is 0 Å². The largest absolute Gasteiger partial charge is 0.368 e. The number of amides is 1. The summed E-state index contributed by atoms with van der Waals surface area (Å²) in [5.41, 5.74) is 5.37. The Kier molecular flexibility index (Phi) is 4.28. The molecule has 4 atom stereocenters. The predicted octanol–water partition coefficient (Wildman–Crippen LogP) is 1.88. The van der Waals surface area contributed by atoms with Crippen LogP contribution in [0.15, 0.2) is 0 Å². The van der Waals surface area contributed by atoms with Crippen LogP contribution in [-0.2, 0) is 4.79 Å². The van der Waals surface area contributed by atoms with E-state index >= 15 is 0 Å². The fourth-order valence-corrected chi connectivity index (χ4v) is 4.61. The second kappa shape index (κ2) is 5.88. The molecular formula is C17H31N3O. The smallest absolute Gasteiger partial charge is 0.237 e. The van der Waals surface area contributed by atoms with E-state index in [1.165, 1.54) is 38.8 Å². The lowest BCUT2D eigenvalue weighted by atomic mass is 9.76. The van der Waals surface area contributed by atoms with E-state index in [2.05, 4.69) is 24.1 Å². The molecule has 3 rings (SSSR count). The molecule has 4 heteroatoms. The van der Waals surface area contributed by atoms with Gasteiger partial charge in [-0.2, -0.15) is 0 Å². The fourth-order valence-electron chi connectivity index (χ4n) is 4.61. The molecule has 2 aliphatic carbocycles. The average Bonchev–Trinajstić information content (AvgIpc) is 3.21. The second-order valence-corrected chi connectivity index (χ2v) is 8.02. The Morgan fingerprint density at radius 1 is 1.19 bits per heavy atom. The first-order valence-electron chi connectivity index (χ1n) is 8.80. The van der Waals surface area contributed by atoms with Gasteiger partial charge >= 0.3 is 0 Å². The summed E-state index contributed by atoms with van der Waals surface area (Å²) in [6.07, 6.45) is 7.93. The summed E-state index contributed by atoms with van der Waals surface area (Å²) in [5, 5.41) is 3.60. The van der Waals surface area contributed by atoms with E-state index in [0.29, 0.717) is 12.1 Å². The van der Waals surface area contributed by atoms with E-state index in [1.807, 2.05) is 0 Å². The quantitative estimate of drug-likeness (QED) is 0.832. The first-order valence-corrected chi connectivity index (χ1v) is 8.80. The average molecular weight is 293 g/mol. The van der Waals surface area contributed by atoms with E-state index in [0.717, 1.165) is 31.1 Å². The molecule has 0 aromatic heterocycles. The molecule has 0 radical (unpaired) electrons. The Balaban J connectivity index is 1.69. The second-order valence-electron chi connectivity index (χ2n) is 8.02. The zero-order valence-electron chi connectivity index (χ0n) is 13.6. The highest BCUT2D eigenvalue weighted by molar-refractivity contribution is 5.85. The van der Waals surface area contributed by atoms with Crippen LogP contribution in [0, 0.1) is 11.8 Å². The van der Waals surface area contributed by atoms with Crippen LogP contribution in [0.1, 0.15) is 58.8 Å². The van der Waals surface area contributed by atoms with E-state index in [4.69, 9.17) is 5.73 Å². The Hall–Kier alpha value is -0.610. The highest BCUT2D eigenvalue weighted by atomic mass is 16.1. The van der Waals surface area contributed by atoms with Gasteiger partial charge in [0.2, 0.25) is 5.91 Å². The molecule has 3 fully saturated rings. The summed E-state index contributed by atoms with van der Waals surface area (Å²) in [6.45, 7) is 7.09. The molecule has 3 aliphatic rings. The predicted molar refractivity (Wildman–Crippen MR) is 84.9 cm³/mol. The maximum absolute atomic E-state index is 12.1. The summed E-state index contributed by atoms with van der Waals surface area (Å²) in [5.74, 6) is 1.42. The van der Waals surface area contributed by atoms with E-state index < -0.39 is 5.54 Å². The van der Waals surface area contributed by atoms with Crippen molar-refractivity contribution < 1.29 is 4.79 Å². The van der Waals surface area contributed by atoms with Gasteiger partial charge in [0.05, 0.1) is 5.54 Å². The highest BCUT2D eigenvalue weighted by Gasteiger charge is 2.46. The third-order valence-corrected chi connectivity index (χ3v) is 5.67. The standard InChI is InChI=1S/C17H31N3O/c1-12-8-13(2)11-20(10-12)15-4-3-7-17(9-15,16(18)21)19-14-5-6-14/h12-15,19H,3-11H2,1-2H3,(H2,18,21). The fraction of sp³-hybridized carbons (Fsp3) is 0.941.